The van der Waals surface area contributed by atoms with Crippen molar-refractivity contribution in [2.24, 2.45) is 0 Å². The van der Waals surface area contributed by atoms with Gasteiger partial charge in [-0.1, -0.05) is 24.3 Å². The van der Waals surface area contributed by atoms with Crippen LogP contribution >= 0.6 is 0 Å². The minimum atomic E-state index is -0.355. The van der Waals surface area contributed by atoms with E-state index in [-0.39, 0.29) is 34.9 Å². The maximum Gasteiger partial charge on any atom is 0.123 e. The minimum Gasteiger partial charge on any atom is -0.365 e. The number of benzene rings is 2. The summed E-state index contributed by atoms with van der Waals surface area (Å²) in [5.74, 6) is -0.559. The van der Waals surface area contributed by atoms with Gasteiger partial charge in [-0.2, -0.15) is 0 Å². The summed E-state index contributed by atoms with van der Waals surface area (Å²) < 4.78 is 33.4. The lowest BCUT2D eigenvalue weighted by atomic mass is 9.78. The summed E-state index contributed by atoms with van der Waals surface area (Å²) in [5, 5.41) is 0. The van der Waals surface area contributed by atoms with Gasteiger partial charge in [0.25, 0.3) is 0 Å². The maximum atomic E-state index is 13.4. The van der Waals surface area contributed by atoms with Crippen molar-refractivity contribution in [1.82, 2.24) is 4.90 Å². The van der Waals surface area contributed by atoms with Crippen molar-refractivity contribution in [3.05, 3.63) is 71.3 Å². The fourth-order valence-electron chi connectivity index (χ4n) is 4.19. The van der Waals surface area contributed by atoms with E-state index in [0.29, 0.717) is 0 Å². The highest BCUT2D eigenvalue weighted by molar-refractivity contribution is 5.30. The van der Waals surface area contributed by atoms with E-state index in [4.69, 9.17) is 4.74 Å². The van der Waals surface area contributed by atoms with Crippen molar-refractivity contribution < 1.29 is 13.5 Å². The average molecular weight is 373 g/mol. The molecule has 0 aliphatic carbocycles. The first-order valence-electron chi connectivity index (χ1n) is 9.49. The molecule has 0 saturated carbocycles. The molecule has 2 aromatic rings. The SMILES string of the molecule is CN1C(C)(C)CC(OC(c2ccc(F)cc2)c2ccc(F)cc2)CC1(C)C. The van der Waals surface area contributed by atoms with Crippen LogP contribution in [-0.4, -0.2) is 29.1 Å². The Morgan fingerprint density at radius 2 is 1.19 bits per heavy atom. The van der Waals surface area contributed by atoms with E-state index < -0.39 is 0 Å². The van der Waals surface area contributed by atoms with Gasteiger partial charge in [0.1, 0.15) is 17.7 Å². The first-order chi connectivity index (χ1) is 12.6. The molecule has 0 aromatic heterocycles. The highest BCUT2D eigenvalue weighted by Crippen LogP contribution is 2.40. The molecular formula is C23H29F2NO. The zero-order chi connectivity index (χ0) is 19.8. The Balaban J connectivity index is 1.92. The molecule has 1 aliphatic heterocycles. The number of hydrogen-bond acceptors (Lipinski definition) is 2. The Morgan fingerprint density at radius 1 is 0.815 bits per heavy atom. The van der Waals surface area contributed by atoms with Crippen molar-refractivity contribution in [1.29, 1.82) is 0 Å². The quantitative estimate of drug-likeness (QED) is 0.679. The number of hydrogen-bond donors (Lipinski definition) is 0. The molecule has 1 saturated heterocycles. The fourth-order valence-corrected chi connectivity index (χ4v) is 4.19. The molecule has 2 nitrogen and oxygen atoms in total. The van der Waals surface area contributed by atoms with Gasteiger partial charge in [-0.05, 0) is 83.0 Å². The summed E-state index contributed by atoms with van der Waals surface area (Å²) >= 11 is 0. The number of ether oxygens (including phenoxy) is 1. The van der Waals surface area contributed by atoms with Crippen molar-refractivity contribution in [3.8, 4) is 0 Å². The van der Waals surface area contributed by atoms with Crippen LogP contribution in [-0.2, 0) is 4.74 Å². The van der Waals surface area contributed by atoms with Crippen LogP contribution in [0.2, 0.25) is 0 Å². The molecular weight excluding hydrogens is 344 g/mol. The van der Waals surface area contributed by atoms with Gasteiger partial charge in [0.05, 0.1) is 6.10 Å². The fraction of sp³-hybridized carbons (Fsp3) is 0.478. The molecule has 0 unspecified atom stereocenters. The number of nitrogens with zero attached hydrogens (tertiary/aromatic N) is 1. The molecule has 4 heteroatoms. The monoisotopic (exact) mass is 373 g/mol. The molecule has 2 aromatic carbocycles. The Labute approximate surface area is 161 Å². The van der Waals surface area contributed by atoms with Gasteiger partial charge in [0.2, 0.25) is 0 Å². The third-order valence-electron chi connectivity index (χ3n) is 5.94. The van der Waals surface area contributed by atoms with Gasteiger partial charge in [0, 0.05) is 11.1 Å². The van der Waals surface area contributed by atoms with Gasteiger partial charge in [0.15, 0.2) is 0 Å². The van der Waals surface area contributed by atoms with E-state index in [1.165, 1.54) is 24.3 Å². The molecule has 0 N–H and O–H groups in total. The van der Waals surface area contributed by atoms with Crippen molar-refractivity contribution in [2.45, 2.75) is 63.8 Å². The van der Waals surface area contributed by atoms with E-state index in [2.05, 4.69) is 39.6 Å². The predicted octanol–water partition coefficient (Wildman–Crippen LogP) is 5.72. The Bertz CT molecular complexity index is 704. The van der Waals surface area contributed by atoms with E-state index in [1.807, 2.05) is 0 Å². The van der Waals surface area contributed by atoms with Crippen LogP contribution in [0, 0.1) is 11.6 Å². The first-order valence-corrected chi connectivity index (χ1v) is 9.49. The van der Waals surface area contributed by atoms with Gasteiger partial charge in [-0.25, -0.2) is 8.78 Å². The number of halogens is 2. The summed E-state index contributed by atoms with van der Waals surface area (Å²) in [6.45, 7) is 8.92. The smallest absolute Gasteiger partial charge is 0.123 e. The highest BCUT2D eigenvalue weighted by atomic mass is 19.1. The summed E-state index contributed by atoms with van der Waals surface area (Å²) in [4.78, 5) is 2.41. The lowest BCUT2D eigenvalue weighted by Crippen LogP contribution is -2.60. The second-order valence-corrected chi connectivity index (χ2v) is 8.83. The van der Waals surface area contributed by atoms with E-state index in [1.54, 1.807) is 24.3 Å². The number of likely N-dealkylation sites (tertiary alicyclic amines) is 1. The molecule has 1 fully saturated rings. The van der Waals surface area contributed by atoms with Gasteiger partial charge < -0.3 is 4.74 Å². The largest absolute Gasteiger partial charge is 0.365 e. The van der Waals surface area contributed by atoms with E-state index in [9.17, 15) is 8.78 Å². The average Bonchev–Trinajstić information content (AvgIpc) is 2.59. The lowest BCUT2D eigenvalue weighted by molar-refractivity contribution is -0.107. The zero-order valence-electron chi connectivity index (χ0n) is 16.8. The van der Waals surface area contributed by atoms with Crippen LogP contribution < -0.4 is 0 Å². The van der Waals surface area contributed by atoms with E-state index in [0.717, 1.165) is 24.0 Å². The van der Waals surface area contributed by atoms with Gasteiger partial charge in [-0.15, -0.1) is 0 Å². The molecule has 1 aliphatic rings. The van der Waals surface area contributed by atoms with Gasteiger partial charge >= 0.3 is 0 Å². The third kappa shape index (κ3) is 4.39. The second kappa shape index (κ2) is 7.33. The predicted molar refractivity (Wildman–Crippen MR) is 105 cm³/mol. The van der Waals surface area contributed by atoms with Crippen LogP contribution in [0.4, 0.5) is 8.78 Å². The molecule has 3 rings (SSSR count). The van der Waals surface area contributed by atoms with Crippen LogP contribution in [0.1, 0.15) is 57.8 Å². The first kappa shape index (κ1) is 20.0. The third-order valence-corrected chi connectivity index (χ3v) is 5.94. The maximum absolute atomic E-state index is 13.4. The Hall–Kier alpha value is -1.78. The van der Waals surface area contributed by atoms with Crippen LogP contribution in [0.15, 0.2) is 48.5 Å². The minimum absolute atomic E-state index is 0.00254. The topological polar surface area (TPSA) is 12.5 Å². The van der Waals surface area contributed by atoms with Crippen LogP contribution in [0.3, 0.4) is 0 Å². The summed E-state index contributed by atoms with van der Waals surface area (Å²) in [6.07, 6.45) is 1.48. The zero-order valence-corrected chi connectivity index (χ0v) is 16.8. The van der Waals surface area contributed by atoms with Crippen LogP contribution in [0.25, 0.3) is 0 Å². The molecule has 146 valence electrons. The normalized spacial score (nSPS) is 20.1. The molecule has 1 heterocycles. The molecule has 0 amide bonds. The van der Waals surface area contributed by atoms with Crippen molar-refractivity contribution >= 4 is 0 Å². The molecule has 0 spiro atoms. The standard InChI is InChI=1S/C23H29F2NO/c1-22(2)14-20(15-23(3,4)26(22)5)27-21(16-6-10-18(24)11-7-16)17-8-12-19(25)13-9-17/h6-13,20-21H,14-15H2,1-5H3. The molecule has 27 heavy (non-hydrogen) atoms. The van der Waals surface area contributed by atoms with Crippen LogP contribution in [0.5, 0.6) is 0 Å². The number of piperidine rings is 1. The van der Waals surface area contributed by atoms with Gasteiger partial charge in [-0.3, -0.25) is 4.90 Å². The summed E-state index contributed by atoms with van der Waals surface area (Å²) in [5.41, 5.74) is 1.75. The Morgan fingerprint density at radius 3 is 1.56 bits per heavy atom. The summed E-state index contributed by atoms with van der Waals surface area (Å²) in [6, 6.07) is 12.7. The second-order valence-electron chi connectivity index (χ2n) is 8.83. The van der Waals surface area contributed by atoms with Crippen molar-refractivity contribution in [3.63, 3.8) is 0 Å². The molecule has 0 radical (unpaired) electrons. The number of rotatable bonds is 4. The Kier molecular flexibility index (Phi) is 5.42. The molecule has 0 atom stereocenters. The highest BCUT2D eigenvalue weighted by Gasteiger charge is 2.44. The lowest BCUT2D eigenvalue weighted by Gasteiger charge is -2.53. The van der Waals surface area contributed by atoms with E-state index >= 15 is 0 Å². The molecule has 0 bridgehead atoms. The van der Waals surface area contributed by atoms with Crippen molar-refractivity contribution in [2.75, 3.05) is 7.05 Å². The summed E-state index contributed by atoms with van der Waals surface area (Å²) in [7, 11) is 2.16.